The van der Waals surface area contributed by atoms with E-state index in [0.717, 1.165) is 57.8 Å². The molecule has 6 heteroatoms. The molecular weight excluding hydrogens is 600 g/mol. The number of esters is 3. The average molecular weight is 679 g/mol. The number of carbonyl (C=O) groups is 3. The zero-order chi connectivity index (χ0) is 35.2. The van der Waals surface area contributed by atoms with Crippen molar-refractivity contribution in [2.75, 3.05) is 13.2 Å². The Morgan fingerprint density at radius 3 is 1.04 bits per heavy atom. The molecule has 0 saturated heterocycles. The van der Waals surface area contributed by atoms with Crippen LogP contribution >= 0.6 is 0 Å². The topological polar surface area (TPSA) is 78.9 Å². The highest BCUT2D eigenvalue weighted by atomic mass is 16.6. The van der Waals surface area contributed by atoms with Gasteiger partial charge >= 0.3 is 17.9 Å². The van der Waals surface area contributed by atoms with E-state index in [-0.39, 0.29) is 31.1 Å². The Morgan fingerprint density at radius 2 is 0.688 bits per heavy atom. The second-order valence-corrected chi connectivity index (χ2v) is 13.9. The molecule has 0 heterocycles. The number of rotatable bonds is 37. The van der Waals surface area contributed by atoms with Gasteiger partial charge in [-0.2, -0.15) is 0 Å². The smallest absolute Gasteiger partial charge is 0.306 e. The third-order valence-electron chi connectivity index (χ3n) is 9.02. The number of allylic oxidation sites excluding steroid dienone is 2. The first-order chi connectivity index (χ1) is 23.5. The minimum absolute atomic E-state index is 0.0698. The van der Waals surface area contributed by atoms with E-state index < -0.39 is 6.10 Å². The van der Waals surface area contributed by atoms with Crippen LogP contribution in [0.3, 0.4) is 0 Å². The molecule has 6 nitrogen and oxygen atoms in total. The number of hydrogen-bond donors (Lipinski definition) is 0. The molecule has 0 spiro atoms. The molecule has 1 atom stereocenters. The highest BCUT2D eigenvalue weighted by Crippen LogP contribution is 2.14. The summed E-state index contributed by atoms with van der Waals surface area (Å²) in [5, 5.41) is 0. The Kier molecular flexibility index (Phi) is 36.5. The average Bonchev–Trinajstić information content (AvgIpc) is 3.08. The summed E-state index contributed by atoms with van der Waals surface area (Å²) in [7, 11) is 0. The summed E-state index contributed by atoms with van der Waals surface area (Å²) >= 11 is 0. The molecule has 0 aromatic rings. The van der Waals surface area contributed by atoms with E-state index in [1.54, 1.807) is 0 Å². The molecule has 0 aromatic heterocycles. The molecule has 0 fully saturated rings. The van der Waals surface area contributed by atoms with Gasteiger partial charge in [0.2, 0.25) is 0 Å². The Balaban J connectivity index is 4.16. The predicted molar refractivity (Wildman–Crippen MR) is 201 cm³/mol. The van der Waals surface area contributed by atoms with Gasteiger partial charge in [-0.1, -0.05) is 168 Å². The van der Waals surface area contributed by atoms with Crippen molar-refractivity contribution >= 4 is 17.9 Å². The first-order valence-corrected chi connectivity index (χ1v) is 20.7. The van der Waals surface area contributed by atoms with Crippen LogP contribution in [0.1, 0.15) is 220 Å². The molecule has 0 N–H and O–H groups in total. The number of ether oxygens (including phenoxy) is 3. The molecular formula is C42H78O6. The Labute approximate surface area is 297 Å². The zero-order valence-electron chi connectivity index (χ0n) is 32.0. The number of unbranched alkanes of at least 4 members (excludes halogenated alkanes) is 24. The SMILES string of the molecule is CCCCCCCC/C=C\CCCCCCCCCC(=O)OCC(COC(=O)CCCCCCCC)OC(=O)CCCCCCCCC. The molecule has 0 amide bonds. The maximum Gasteiger partial charge on any atom is 0.306 e. The molecule has 0 aromatic carbocycles. The van der Waals surface area contributed by atoms with E-state index >= 15 is 0 Å². The molecule has 0 aliphatic heterocycles. The van der Waals surface area contributed by atoms with Gasteiger partial charge in [0.05, 0.1) is 0 Å². The molecule has 1 unspecified atom stereocenters. The first kappa shape index (κ1) is 46.1. The van der Waals surface area contributed by atoms with E-state index in [9.17, 15) is 14.4 Å². The summed E-state index contributed by atoms with van der Waals surface area (Å²) in [5.41, 5.74) is 0. The summed E-state index contributed by atoms with van der Waals surface area (Å²) in [6.45, 7) is 6.52. The van der Waals surface area contributed by atoms with Crippen LogP contribution in [0.25, 0.3) is 0 Å². The van der Waals surface area contributed by atoms with Gasteiger partial charge in [0, 0.05) is 19.3 Å². The monoisotopic (exact) mass is 679 g/mol. The van der Waals surface area contributed by atoms with Crippen molar-refractivity contribution in [2.45, 2.75) is 226 Å². The fraction of sp³-hybridized carbons (Fsp3) is 0.881. The number of carbonyl (C=O) groups excluding carboxylic acids is 3. The number of hydrogen-bond acceptors (Lipinski definition) is 6. The van der Waals surface area contributed by atoms with E-state index in [0.29, 0.717) is 19.3 Å². The van der Waals surface area contributed by atoms with Crippen LogP contribution in [0.5, 0.6) is 0 Å². The molecule has 0 radical (unpaired) electrons. The lowest BCUT2D eigenvalue weighted by atomic mass is 10.1. The maximum atomic E-state index is 12.5. The van der Waals surface area contributed by atoms with E-state index in [2.05, 4.69) is 32.9 Å². The normalized spacial score (nSPS) is 12.0. The standard InChI is InChI=1S/C42H78O6/c1-4-7-10-13-16-17-18-19-20-21-22-23-24-25-27-29-32-35-41(44)47-38-39(37-46-40(43)34-31-28-15-12-9-6-3)48-42(45)36-33-30-26-14-11-8-5-2/h19-20,39H,4-18,21-38H2,1-3H3/b20-19-. The van der Waals surface area contributed by atoms with Gasteiger partial charge in [-0.25, -0.2) is 0 Å². The molecule has 0 bridgehead atoms. The van der Waals surface area contributed by atoms with Gasteiger partial charge in [-0.3, -0.25) is 14.4 Å². The Hall–Kier alpha value is -1.85. The van der Waals surface area contributed by atoms with Gasteiger partial charge in [0.15, 0.2) is 6.10 Å². The molecule has 48 heavy (non-hydrogen) atoms. The molecule has 0 aliphatic rings. The van der Waals surface area contributed by atoms with Crippen molar-refractivity contribution in [3.05, 3.63) is 12.2 Å². The highest BCUT2D eigenvalue weighted by molar-refractivity contribution is 5.71. The summed E-state index contributed by atoms with van der Waals surface area (Å²) in [4.78, 5) is 37.2. The second kappa shape index (κ2) is 38.0. The van der Waals surface area contributed by atoms with Crippen LogP contribution in [-0.4, -0.2) is 37.2 Å². The highest BCUT2D eigenvalue weighted by Gasteiger charge is 2.19. The maximum absolute atomic E-state index is 12.5. The van der Waals surface area contributed by atoms with E-state index in [4.69, 9.17) is 14.2 Å². The van der Waals surface area contributed by atoms with Gasteiger partial charge in [-0.05, 0) is 44.9 Å². The van der Waals surface area contributed by atoms with Crippen molar-refractivity contribution in [3.63, 3.8) is 0 Å². The van der Waals surface area contributed by atoms with Gasteiger partial charge in [0.1, 0.15) is 13.2 Å². The van der Waals surface area contributed by atoms with Crippen molar-refractivity contribution in [1.82, 2.24) is 0 Å². The third kappa shape index (κ3) is 35.5. The third-order valence-corrected chi connectivity index (χ3v) is 9.02. The van der Waals surface area contributed by atoms with Crippen LogP contribution in [0.4, 0.5) is 0 Å². The van der Waals surface area contributed by atoms with E-state index in [1.165, 1.54) is 122 Å². The summed E-state index contributed by atoms with van der Waals surface area (Å²) in [6.07, 6.45) is 38.0. The van der Waals surface area contributed by atoms with Crippen LogP contribution in [0.15, 0.2) is 12.2 Å². The minimum atomic E-state index is -0.759. The van der Waals surface area contributed by atoms with Gasteiger partial charge in [0.25, 0.3) is 0 Å². The van der Waals surface area contributed by atoms with Crippen LogP contribution < -0.4 is 0 Å². The van der Waals surface area contributed by atoms with Crippen LogP contribution in [0.2, 0.25) is 0 Å². The first-order valence-electron chi connectivity index (χ1n) is 20.7. The molecule has 0 aliphatic carbocycles. The predicted octanol–water partition coefficient (Wildman–Crippen LogP) is 12.7. The fourth-order valence-corrected chi connectivity index (χ4v) is 5.85. The van der Waals surface area contributed by atoms with E-state index in [1.807, 2.05) is 0 Å². The van der Waals surface area contributed by atoms with Crippen molar-refractivity contribution < 1.29 is 28.6 Å². The van der Waals surface area contributed by atoms with Crippen LogP contribution in [-0.2, 0) is 28.6 Å². The van der Waals surface area contributed by atoms with Crippen molar-refractivity contribution in [2.24, 2.45) is 0 Å². The lowest BCUT2D eigenvalue weighted by Crippen LogP contribution is -2.30. The summed E-state index contributed by atoms with van der Waals surface area (Å²) < 4.78 is 16.5. The largest absolute Gasteiger partial charge is 0.462 e. The lowest BCUT2D eigenvalue weighted by molar-refractivity contribution is -0.167. The molecule has 0 rings (SSSR count). The van der Waals surface area contributed by atoms with Crippen molar-refractivity contribution in [1.29, 1.82) is 0 Å². The Morgan fingerprint density at radius 1 is 0.396 bits per heavy atom. The Bertz CT molecular complexity index is 748. The fourth-order valence-electron chi connectivity index (χ4n) is 5.85. The molecule has 282 valence electrons. The quantitative estimate of drug-likeness (QED) is 0.0282. The summed E-state index contributed by atoms with van der Waals surface area (Å²) in [5.74, 6) is -0.889. The second-order valence-electron chi connectivity index (χ2n) is 13.9. The summed E-state index contributed by atoms with van der Waals surface area (Å²) in [6, 6.07) is 0. The van der Waals surface area contributed by atoms with Gasteiger partial charge in [-0.15, -0.1) is 0 Å². The lowest BCUT2D eigenvalue weighted by Gasteiger charge is -2.18. The zero-order valence-corrected chi connectivity index (χ0v) is 32.0. The van der Waals surface area contributed by atoms with Gasteiger partial charge < -0.3 is 14.2 Å². The van der Waals surface area contributed by atoms with Crippen LogP contribution in [0, 0.1) is 0 Å². The minimum Gasteiger partial charge on any atom is -0.462 e. The molecule has 0 saturated carbocycles. The van der Waals surface area contributed by atoms with Crippen molar-refractivity contribution in [3.8, 4) is 0 Å².